The van der Waals surface area contributed by atoms with Gasteiger partial charge in [-0.15, -0.1) is 18.2 Å². The molecule has 13 heavy (non-hydrogen) atoms. The second kappa shape index (κ2) is 7.63. The number of rotatable bonds is 6. The zero-order valence-electron chi connectivity index (χ0n) is 7.50. The Morgan fingerprint density at radius 3 is 2.85 bits per heavy atom. The summed E-state index contributed by atoms with van der Waals surface area (Å²) < 4.78 is 0. The SMILES string of the molecule is C=CCN(CC#N)C(=O)CCCCl. The number of nitriles is 1. The van der Waals surface area contributed by atoms with Crippen molar-refractivity contribution < 1.29 is 4.79 Å². The lowest BCUT2D eigenvalue weighted by molar-refractivity contribution is -0.130. The van der Waals surface area contributed by atoms with Crippen LogP contribution in [0, 0.1) is 11.3 Å². The van der Waals surface area contributed by atoms with Crippen molar-refractivity contribution in [2.45, 2.75) is 12.8 Å². The van der Waals surface area contributed by atoms with Crippen LogP contribution < -0.4 is 0 Å². The third-order valence-corrected chi connectivity index (χ3v) is 1.76. The zero-order valence-corrected chi connectivity index (χ0v) is 8.26. The van der Waals surface area contributed by atoms with Crippen LogP contribution in [-0.4, -0.2) is 29.8 Å². The van der Waals surface area contributed by atoms with Crippen molar-refractivity contribution >= 4 is 17.5 Å². The average Bonchev–Trinajstić information content (AvgIpc) is 2.14. The van der Waals surface area contributed by atoms with Gasteiger partial charge in [0.1, 0.15) is 6.54 Å². The van der Waals surface area contributed by atoms with Gasteiger partial charge in [0, 0.05) is 18.8 Å². The van der Waals surface area contributed by atoms with E-state index in [9.17, 15) is 4.79 Å². The van der Waals surface area contributed by atoms with Crippen molar-refractivity contribution in [3.63, 3.8) is 0 Å². The van der Waals surface area contributed by atoms with Gasteiger partial charge in [0.2, 0.25) is 5.91 Å². The van der Waals surface area contributed by atoms with E-state index < -0.39 is 0 Å². The number of nitrogens with zero attached hydrogens (tertiary/aromatic N) is 2. The molecule has 0 aromatic rings. The van der Waals surface area contributed by atoms with Crippen molar-refractivity contribution in [1.82, 2.24) is 4.90 Å². The molecule has 0 radical (unpaired) electrons. The Morgan fingerprint density at radius 2 is 2.38 bits per heavy atom. The largest absolute Gasteiger partial charge is 0.326 e. The Hall–Kier alpha value is -1.01. The van der Waals surface area contributed by atoms with Crippen LogP contribution >= 0.6 is 11.6 Å². The highest BCUT2D eigenvalue weighted by Gasteiger charge is 2.09. The van der Waals surface area contributed by atoms with Crippen molar-refractivity contribution in [3.05, 3.63) is 12.7 Å². The highest BCUT2D eigenvalue weighted by molar-refractivity contribution is 6.17. The monoisotopic (exact) mass is 200 g/mol. The number of amides is 1. The number of carbonyl (C=O) groups is 1. The molecule has 1 amide bonds. The second-order valence-corrected chi connectivity index (χ2v) is 2.89. The van der Waals surface area contributed by atoms with E-state index in [1.54, 1.807) is 6.08 Å². The van der Waals surface area contributed by atoms with Gasteiger partial charge >= 0.3 is 0 Å². The van der Waals surface area contributed by atoms with Gasteiger partial charge in [-0.05, 0) is 6.42 Å². The first-order valence-corrected chi connectivity index (χ1v) is 4.61. The standard InChI is InChI=1S/C9H13ClN2O/c1-2-7-12(8-6-11)9(13)4-3-5-10/h2H,1,3-5,7-8H2. The van der Waals surface area contributed by atoms with E-state index >= 15 is 0 Å². The molecule has 3 nitrogen and oxygen atoms in total. The Kier molecular flexibility index (Phi) is 7.04. The summed E-state index contributed by atoms with van der Waals surface area (Å²) in [6, 6.07) is 1.93. The van der Waals surface area contributed by atoms with Crippen LogP contribution in [0.3, 0.4) is 0 Å². The van der Waals surface area contributed by atoms with Crippen LogP contribution in [0.25, 0.3) is 0 Å². The second-order valence-electron chi connectivity index (χ2n) is 2.51. The topological polar surface area (TPSA) is 44.1 Å². The number of alkyl halides is 1. The smallest absolute Gasteiger partial charge is 0.223 e. The Balaban J connectivity index is 3.96. The van der Waals surface area contributed by atoms with Crippen molar-refractivity contribution in [2.24, 2.45) is 0 Å². The van der Waals surface area contributed by atoms with Gasteiger partial charge in [-0.3, -0.25) is 4.79 Å². The first-order chi connectivity index (χ1) is 6.26. The number of carbonyl (C=O) groups excluding carboxylic acids is 1. The van der Waals surface area contributed by atoms with E-state index in [0.29, 0.717) is 25.3 Å². The molecule has 0 rings (SSSR count). The predicted octanol–water partition coefficient (Wildman–Crippen LogP) is 1.54. The van der Waals surface area contributed by atoms with Crippen LogP contribution in [-0.2, 0) is 4.79 Å². The number of halogens is 1. The molecule has 0 aliphatic carbocycles. The van der Waals surface area contributed by atoms with Crippen LogP contribution in [0.2, 0.25) is 0 Å². The quantitative estimate of drug-likeness (QED) is 0.371. The van der Waals surface area contributed by atoms with E-state index in [4.69, 9.17) is 16.9 Å². The molecular weight excluding hydrogens is 188 g/mol. The van der Waals surface area contributed by atoms with Gasteiger partial charge in [-0.25, -0.2) is 0 Å². The molecular formula is C9H13ClN2O. The lowest BCUT2D eigenvalue weighted by Crippen LogP contribution is -2.31. The maximum atomic E-state index is 11.4. The van der Waals surface area contributed by atoms with Crippen LogP contribution in [0.15, 0.2) is 12.7 Å². The molecule has 0 unspecified atom stereocenters. The fourth-order valence-electron chi connectivity index (χ4n) is 0.872. The third-order valence-electron chi connectivity index (χ3n) is 1.49. The third kappa shape index (κ3) is 5.26. The summed E-state index contributed by atoms with van der Waals surface area (Å²) in [5, 5.41) is 8.43. The van der Waals surface area contributed by atoms with E-state index in [-0.39, 0.29) is 12.5 Å². The van der Waals surface area contributed by atoms with Gasteiger partial charge < -0.3 is 4.90 Å². The molecule has 0 aromatic heterocycles. The van der Waals surface area contributed by atoms with Gasteiger partial charge in [-0.1, -0.05) is 6.08 Å². The molecule has 72 valence electrons. The molecule has 0 heterocycles. The zero-order chi connectivity index (χ0) is 10.1. The van der Waals surface area contributed by atoms with Crippen LogP contribution in [0.4, 0.5) is 0 Å². The van der Waals surface area contributed by atoms with Gasteiger partial charge in [0.25, 0.3) is 0 Å². The fraction of sp³-hybridized carbons (Fsp3) is 0.556. The van der Waals surface area contributed by atoms with Gasteiger partial charge in [-0.2, -0.15) is 5.26 Å². The molecule has 0 spiro atoms. The molecule has 0 saturated heterocycles. The fourth-order valence-corrected chi connectivity index (χ4v) is 1.01. The maximum absolute atomic E-state index is 11.4. The molecule has 0 N–H and O–H groups in total. The average molecular weight is 201 g/mol. The minimum atomic E-state index is -0.0397. The first kappa shape index (κ1) is 12.0. The van der Waals surface area contributed by atoms with Crippen molar-refractivity contribution in [2.75, 3.05) is 19.0 Å². The summed E-state index contributed by atoms with van der Waals surface area (Å²) in [5.74, 6) is 0.433. The van der Waals surface area contributed by atoms with Crippen molar-refractivity contribution in [1.29, 1.82) is 5.26 Å². The predicted molar refractivity (Wildman–Crippen MR) is 52.3 cm³/mol. The van der Waals surface area contributed by atoms with E-state index in [1.165, 1.54) is 4.90 Å². The van der Waals surface area contributed by atoms with Crippen molar-refractivity contribution in [3.8, 4) is 6.07 Å². The highest BCUT2D eigenvalue weighted by Crippen LogP contribution is 1.99. The Labute approximate surface area is 83.6 Å². The molecule has 4 heteroatoms. The molecule has 0 aliphatic rings. The van der Waals surface area contributed by atoms with Crippen LogP contribution in [0.5, 0.6) is 0 Å². The van der Waals surface area contributed by atoms with E-state index in [0.717, 1.165) is 0 Å². The molecule has 0 saturated carbocycles. The molecule has 0 fully saturated rings. The summed E-state index contributed by atoms with van der Waals surface area (Å²) in [6.07, 6.45) is 2.66. The Morgan fingerprint density at radius 1 is 1.69 bits per heavy atom. The number of hydrogen-bond donors (Lipinski definition) is 0. The summed E-state index contributed by atoms with van der Waals surface area (Å²) in [5.41, 5.74) is 0. The van der Waals surface area contributed by atoms with Gasteiger partial charge in [0.15, 0.2) is 0 Å². The highest BCUT2D eigenvalue weighted by atomic mass is 35.5. The molecule has 0 aliphatic heterocycles. The molecule has 0 bridgehead atoms. The maximum Gasteiger partial charge on any atom is 0.223 e. The summed E-state index contributed by atoms with van der Waals surface area (Å²) in [7, 11) is 0. The lowest BCUT2D eigenvalue weighted by atomic mass is 10.3. The summed E-state index contributed by atoms with van der Waals surface area (Å²) >= 11 is 5.45. The molecule has 0 aromatic carbocycles. The lowest BCUT2D eigenvalue weighted by Gasteiger charge is -2.16. The number of hydrogen-bond acceptors (Lipinski definition) is 2. The minimum absolute atomic E-state index is 0.0397. The first-order valence-electron chi connectivity index (χ1n) is 4.07. The summed E-state index contributed by atoms with van der Waals surface area (Å²) in [4.78, 5) is 12.8. The molecule has 0 atom stereocenters. The summed E-state index contributed by atoms with van der Waals surface area (Å²) in [6.45, 7) is 4.06. The Bertz CT molecular complexity index is 210. The minimum Gasteiger partial charge on any atom is -0.326 e. The van der Waals surface area contributed by atoms with Gasteiger partial charge in [0.05, 0.1) is 6.07 Å². The van der Waals surface area contributed by atoms with E-state index in [2.05, 4.69) is 6.58 Å². The van der Waals surface area contributed by atoms with E-state index in [1.807, 2.05) is 6.07 Å². The van der Waals surface area contributed by atoms with Crippen LogP contribution in [0.1, 0.15) is 12.8 Å². The normalized spacial score (nSPS) is 8.92.